The molecule has 0 fully saturated rings. The van der Waals surface area contributed by atoms with Gasteiger partial charge in [0, 0.05) is 21.7 Å². The van der Waals surface area contributed by atoms with Crippen molar-refractivity contribution in [1.29, 1.82) is 0 Å². The number of hydrogen-bond donors (Lipinski definition) is 1. The summed E-state index contributed by atoms with van der Waals surface area (Å²) in [4.78, 5) is 0. The summed E-state index contributed by atoms with van der Waals surface area (Å²) in [5.74, 6) is -8.00. The Kier molecular flexibility index (Phi) is 16.1. The molecule has 0 radical (unpaired) electrons. The van der Waals surface area contributed by atoms with Crippen LogP contribution in [-0.2, 0) is 34.6 Å². The van der Waals surface area contributed by atoms with Crippen molar-refractivity contribution in [2.75, 3.05) is 0 Å². The van der Waals surface area contributed by atoms with Crippen LogP contribution >= 0.6 is 24.8 Å². The maximum atomic E-state index is 13.2. The van der Waals surface area contributed by atoms with Crippen molar-refractivity contribution in [2.24, 2.45) is 11.8 Å². The van der Waals surface area contributed by atoms with Crippen molar-refractivity contribution in [2.45, 2.75) is 53.9 Å². The van der Waals surface area contributed by atoms with Crippen molar-refractivity contribution >= 4 is 30.4 Å². The molecule has 0 amide bonds. The SMILES string of the molecule is Cc1cc(CC(C)C)c(O)c(CC(C)C)c1.Cl.Cl.Fc1c(F)c(F)c(C2=[C-]CC=C2)c(F)c1F.[Ti]. The van der Waals surface area contributed by atoms with Crippen LogP contribution < -0.4 is 0 Å². The topological polar surface area (TPSA) is 20.2 Å². The summed E-state index contributed by atoms with van der Waals surface area (Å²) in [6.45, 7) is 10.8. The van der Waals surface area contributed by atoms with Crippen LogP contribution in [0.25, 0.3) is 5.57 Å². The maximum Gasteiger partial charge on any atom is 0.198 e. The molecule has 0 spiro atoms. The fourth-order valence-corrected chi connectivity index (χ4v) is 3.54. The smallest absolute Gasteiger partial charge is 0.198 e. The average Bonchev–Trinajstić information content (AvgIpc) is 3.22. The normalized spacial score (nSPS) is 11.8. The van der Waals surface area contributed by atoms with Crippen LogP contribution in [0.4, 0.5) is 22.0 Å². The molecule has 1 N–H and O–H groups in total. The maximum absolute atomic E-state index is 13.2. The number of phenols is 1. The summed E-state index contributed by atoms with van der Waals surface area (Å²) in [5, 5.41) is 10.2. The third kappa shape index (κ3) is 9.24. The van der Waals surface area contributed by atoms with E-state index in [-0.39, 0.29) is 58.5 Å². The molecule has 0 aromatic heterocycles. The Labute approximate surface area is 231 Å². The van der Waals surface area contributed by atoms with Gasteiger partial charge in [0.05, 0.1) is 0 Å². The van der Waals surface area contributed by atoms with E-state index in [0.717, 1.165) is 24.0 Å². The minimum atomic E-state index is -2.15. The molecule has 9 heteroatoms. The van der Waals surface area contributed by atoms with E-state index in [4.69, 9.17) is 0 Å². The molecule has 0 aliphatic heterocycles. The van der Waals surface area contributed by atoms with Crippen LogP contribution in [0.5, 0.6) is 5.75 Å². The molecule has 1 nitrogen and oxygen atoms in total. The minimum absolute atomic E-state index is 0. The minimum Gasteiger partial charge on any atom is -0.507 e. The molecule has 2 aromatic rings. The molecular weight excluding hydrogens is 542 g/mol. The van der Waals surface area contributed by atoms with E-state index in [1.807, 2.05) is 0 Å². The fourth-order valence-electron chi connectivity index (χ4n) is 3.54. The fraction of sp³-hybridized carbons (Fsp3) is 0.385. The van der Waals surface area contributed by atoms with Gasteiger partial charge in [0.2, 0.25) is 0 Å². The predicted molar refractivity (Wildman–Crippen MR) is 131 cm³/mol. The van der Waals surface area contributed by atoms with Gasteiger partial charge in [-0.2, -0.15) is 17.7 Å². The monoisotopic (exact) mass is 571 g/mol. The van der Waals surface area contributed by atoms with Gasteiger partial charge >= 0.3 is 0 Å². The first-order valence-corrected chi connectivity index (χ1v) is 10.5. The first-order chi connectivity index (χ1) is 14.9. The molecule has 0 heterocycles. The van der Waals surface area contributed by atoms with E-state index < -0.39 is 34.6 Å². The Morgan fingerprint density at radius 3 is 1.54 bits per heavy atom. The standard InChI is InChI=1S/C15H24O.C11H4F5.2ClH.Ti/c1-10(2)6-13-8-12(5)9-14(15(13)16)7-11(3)4;12-7-6(5-3-1-2-4-5)8(13)10(15)11(16)9(7)14;;;/h8-11,16H,6-7H2,1-5H3;1,3H,2H2;2*1H;/q;-1;;;. The first-order valence-electron chi connectivity index (χ1n) is 10.5. The summed E-state index contributed by atoms with van der Waals surface area (Å²) in [6, 6.07) is 4.22. The molecule has 0 unspecified atom stereocenters. The van der Waals surface area contributed by atoms with Crippen molar-refractivity contribution in [3.05, 3.63) is 81.7 Å². The van der Waals surface area contributed by atoms with Gasteiger partial charge in [0.1, 0.15) is 17.4 Å². The molecule has 194 valence electrons. The van der Waals surface area contributed by atoms with E-state index in [2.05, 4.69) is 52.8 Å². The Morgan fingerprint density at radius 1 is 0.800 bits per heavy atom. The summed E-state index contributed by atoms with van der Waals surface area (Å²) < 4.78 is 64.8. The van der Waals surface area contributed by atoms with Gasteiger partial charge in [-0.3, -0.25) is 0 Å². The third-order valence-electron chi connectivity index (χ3n) is 4.84. The summed E-state index contributed by atoms with van der Waals surface area (Å²) in [7, 11) is 0. The van der Waals surface area contributed by atoms with Crippen LogP contribution in [0.15, 0.2) is 24.3 Å². The number of rotatable bonds is 5. The van der Waals surface area contributed by atoms with E-state index in [0.29, 0.717) is 17.6 Å². The predicted octanol–water partition coefficient (Wildman–Crippen LogP) is 8.47. The molecule has 1 aliphatic carbocycles. The van der Waals surface area contributed by atoms with Crippen LogP contribution in [0.3, 0.4) is 0 Å². The Hall–Kier alpha value is -1.34. The number of allylic oxidation sites excluding steroid dienone is 4. The number of aryl methyl sites for hydroxylation is 1. The van der Waals surface area contributed by atoms with Crippen LogP contribution in [0, 0.1) is 53.9 Å². The largest absolute Gasteiger partial charge is 0.507 e. The van der Waals surface area contributed by atoms with Gasteiger partial charge in [-0.25, -0.2) is 22.0 Å². The van der Waals surface area contributed by atoms with E-state index in [9.17, 15) is 27.1 Å². The van der Waals surface area contributed by atoms with Gasteiger partial charge in [-0.15, -0.1) is 30.9 Å². The van der Waals surface area contributed by atoms with Gasteiger partial charge < -0.3 is 5.11 Å². The summed E-state index contributed by atoms with van der Waals surface area (Å²) in [6.07, 6.45) is 7.47. The number of aromatic hydroxyl groups is 1. The Balaban J connectivity index is 0. The van der Waals surface area contributed by atoms with Crippen molar-refractivity contribution in [1.82, 2.24) is 0 Å². The number of benzene rings is 2. The zero-order valence-electron chi connectivity index (χ0n) is 20.2. The van der Waals surface area contributed by atoms with Gasteiger partial charge in [-0.1, -0.05) is 57.4 Å². The summed E-state index contributed by atoms with van der Waals surface area (Å²) in [5.41, 5.74) is 2.42. The molecule has 2 aromatic carbocycles. The number of hydrogen-bond acceptors (Lipinski definition) is 1. The van der Waals surface area contributed by atoms with Crippen LogP contribution in [0.1, 0.15) is 56.4 Å². The van der Waals surface area contributed by atoms with E-state index in [1.165, 1.54) is 17.7 Å². The molecule has 0 bridgehead atoms. The average molecular weight is 572 g/mol. The molecular formula is C26H30Cl2F5OTi-. The van der Waals surface area contributed by atoms with E-state index in [1.54, 1.807) is 0 Å². The number of phenolic OH excluding ortho intramolecular Hbond substituents is 1. The second kappa shape index (κ2) is 15.7. The van der Waals surface area contributed by atoms with Crippen LogP contribution in [0.2, 0.25) is 0 Å². The van der Waals surface area contributed by atoms with Gasteiger partial charge in [0.25, 0.3) is 0 Å². The summed E-state index contributed by atoms with van der Waals surface area (Å²) >= 11 is 0. The second-order valence-electron chi connectivity index (χ2n) is 8.77. The Morgan fingerprint density at radius 2 is 1.20 bits per heavy atom. The molecule has 3 rings (SSSR count). The molecule has 0 atom stereocenters. The quantitative estimate of drug-likeness (QED) is 0.125. The molecule has 35 heavy (non-hydrogen) atoms. The third-order valence-corrected chi connectivity index (χ3v) is 4.84. The van der Waals surface area contributed by atoms with Gasteiger partial charge in [-0.05, 0) is 42.7 Å². The van der Waals surface area contributed by atoms with Crippen molar-refractivity contribution in [3.8, 4) is 5.75 Å². The van der Waals surface area contributed by atoms with Crippen LogP contribution in [-0.4, -0.2) is 5.11 Å². The number of halogens is 7. The molecule has 0 saturated carbocycles. The molecule has 1 aliphatic rings. The second-order valence-corrected chi connectivity index (χ2v) is 8.77. The van der Waals surface area contributed by atoms with Crippen molar-refractivity contribution < 1.29 is 48.8 Å². The zero-order valence-corrected chi connectivity index (χ0v) is 23.4. The zero-order chi connectivity index (χ0) is 24.2. The van der Waals surface area contributed by atoms with E-state index >= 15 is 0 Å². The Bertz CT molecular complexity index is 993. The first kappa shape index (κ1) is 35.8. The van der Waals surface area contributed by atoms with Gasteiger partial charge in [0.15, 0.2) is 17.5 Å². The van der Waals surface area contributed by atoms with Crippen molar-refractivity contribution in [3.63, 3.8) is 0 Å². The molecule has 0 saturated heterocycles.